The first kappa shape index (κ1) is 10.9. The molecule has 1 aliphatic heterocycles. The van der Waals surface area contributed by atoms with Crippen molar-refractivity contribution < 1.29 is 13.6 Å². The second kappa shape index (κ2) is 4.09. The minimum absolute atomic E-state index is 0.0884. The largest absolute Gasteiger partial charge is 0.328 e. The lowest BCUT2D eigenvalue weighted by atomic mass is 10.0. The van der Waals surface area contributed by atoms with Crippen molar-refractivity contribution in [2.45, 2.75) is 19.4 Å². The van der Waals surface area contributed by atoms with E-state index >= 15 is 0 Å². The highest BCUT2D eigenvalue weighted by Gasteiger charge is 2.29. The number of hydrogen-bond donors (Lipinski definition) is 0. The third-order valence-corrected chi connectivity index (χ3v) is 3.73. The maximum Gasteiger partial charge on any atom is 0.328 e. The normalized spacial score (nSPS) is 31.5. The molecule has 1 aromatic carbocycles. The molecule has 4 heteroatoms. The second-order valence-corrected chi connectivity index (χ2v) is 5.91. The molecular weight excluding hydrogens is 211 g/mol. The van der Waals surface area contributed by atoms with Crippen LogP contribution in [0.1, 0.15) is 23.7 Å². The number of hydrogen-bond acceptors (Lipinski definition) is 3. The first-order valence-electron chi connectivity index (χ1n) is 5.04. The second-order valence-electron chi connectivity index (χ2n) is 3.90. The van der Waals surface area contributed by atoms with Crippen LogP contribution in [0.4, 0.5) is 0 Å². The van der Waals surface area contributed by atoms with Crippen molar-refractivity contribution in [1.29, 1.82) is 0 Å². The van der Waals surface area contributed by atoms with Crippen molar-refractivity contribution in [3.05, 3.63) is 35.4 Å². The molecule has 0 saturated carbocycles. The van der Waals surface area contributed by atoms with Crippen LogP contribution in [0.2, 0.25) is 0 Å². The van der Waals surface area contributed by atoms with Crippen LogP contribution < -0.4 is 0 Å². The molecule has 1 fully saturated rings. The van der Waals surface area contributed by atoms with Crippen molar-refractivity contribution in [1.82, 2.24) is 0 Å². The van der Waals surface area contributed by atoms with Gasteiger partial charge >= 0.3 is 7.60 Å². The zero-order valence-electron chi connectivity index (χ0n) is 8.97. The lowest BCUT2D eigenvalue weighted by Gasteiger charge is -2.27. The molecule has 2 rings (SSSR count). The van der Waals surface area contributed by atoms with Gasteiger partial charge in [-0.3, -0.25) is 4.57 Å². The molecule has 1 saturated heterocycles. The Balaban J connectivity index is 2.21. The van der Waals surface area contributed by atoms with Crippen molar-refractivity contribution in [2.75, 3.05) is 13.3 Å². The predicted molar refractivity (Wildman–Crippen MR) is 59.1 cm³/mol. The zero-order valence-corrected chi connectivity index (χ0v) is 9.87. The molecule has 1 aliphatic rings. The van der Waals surface area contributed by atoms with Gasteiger partial charge in [-0.25, -0.2) is 0 Å². The molecule has 0 spiro atoms. The fourth-order valence-corrected chi connectivity index (χ4v) is 2.93. The Morgan fingerprint density at radius 2 is 2.27 bits per heavy atom. The Labute approximate surface area is 89.9 Å². The molecule has 82 valence electrons. The molecule has 1 unspecified atom stereocenters. The van der Waals surface area contributed by atoms with Gasteiger partial charge in [0, 0.05) is 13.1 Å². The van der Waals surface area contributed by atoms with Crippen molar-refractivity contribution >= 4 is 7.60 Å². The SMILES string of the molecule is Cc1cccc([C@@H]2CCOP(C)(=O)O2)c1. The van der Waals surface area contributed by atoms with Gasteiger partial charge in [-0.1, -0.05) is 29.8 Å². The Morgan fingerprint density at radius 1 is 1.47 bits per heavy atom. The van der Waals surface area contributed by atoms with E-state index in [0.29, 0.717) is 6.61 Å². The van der Waals surface area contributed by atoms with Gasteiger partial charge in [-0.05, 0) is 12.5 Å². The van der Waals surface area contributed by atoms with E-state index in [0.717, 1.165) is 12.0 Å². The molecule has 0 aliphatic carbocycles. The summed E-state index contributed by atoms with van der Waals surface area (Å²) < 4.78 is 22.2. The highest BCUT2D eigenvalue weighted by Crippen LogP contribution is 2.52. The summed E-state index contributed by atoms with van der Waals surface area (Å²) in [5, 5.41) is 0. The molecule has 1 heterocycles. The van der Waals surface area contributed by atoms with Crippen molar-refractivity contribution in [2.24, 2.45) is 0 Å². The Kier molecular flexibility index (Phi) is 2.96. The summed E-state index contributed by atoms with van der Waals surface area (Å²) in [6.07, 6.45) is 0.677. The molecule has 0 amide bonds. The van der Waals surface area contributed by atoms with Gasteiger partial charge in [0.25, 0.3) is 0 Å². The summed E-state index contributed by atoms with van der Waals surface area (Å²) in [6.45, 7) is 4.07. The van der Waals surface area contributed by atoms with Crippen LogP contribution in [0.15, 0.2) is 24.3 Å². The van der Waals surface area contributed by atoms with Crippen LogP contribution in [0.3, 0.4) is 0 Å². The average molecular weight is 226 g/mol. The Morgan fingerprint density at radius 3 is 2.93 bits per heavy atom. The number of rotatable bonds is 1. The van der Waals surface area contributed by atoms with E-state index in [1.165, 1.54) is 12.2 Å². The zero-order chi connectivity index (χ0) is 10.9. The molecule has 0 N–H and O–H groups in total. The fourth-order valence-electron chi connectivity index (χ4n) is 1.74. The molecule has 0 radical (unpaired) electrons. The maximum atomic E-state index is 11.7. The molecule has 1 aromatic rings. The third-order valence-electron chi connectivity index (χ3n) is 2.44. The first-order valence-corrected chi connectivity index (χ1v) is 7.03. The molecule has 3 nitrogen and oxygen atoms in total. The van der Waals surface area contributed by atoms with Gasteiger partial charge in [-0.15, -0.1) is 0 Å². The Bertz CT molecular complexity index is 403. The third kappa shape index (κ3) is 2.69. The highest BCUT2D eigenvalue weighted by molar-refractivity contribution is 7.53. The highest BCUT2D eigenvalue weighted by atomic mass is 31.2. The quantitative estimate of drug-likeness (QED) is 0.689. The summed E-state index contributed by atoms with van der Waals surface area (Å²) in [4.78, 5) is 0. The van der Waals surface area contributed by atoms with E-state index in [9.17, 15) is 4.57 Å². The van der Waals surface area contributed by atoms with E-state index in [1.54, 1.807) is 0 Å². The maximum absolute atomic E-state index is 11.7. The standard InChI is InChI=1S/C11H15O3P/c1-9-4-3-5-10(8-9)11-6-7-13-15(2,12)14-11/h3-5,8,11H,6-7H2,1-2H3/t11-,15?/m0/s1. The van der Waals surface area contributed by atoms with Crippen LogP contribution in [0.25, 0.3) is 0 Å². The van der Waals surface area contributed by atoms with Gasteiger partial charge in [0.15, 0.2) is 0 Å². The van der Waals surface area contributed by atoms with Crippen LogP contribution >= 0.6 is 7.60 Å². The van der Waals surface area contributed by atoms with Crippen LogP contribution in [-0.4, -0.2) is 13.3 Å². The lowest BCUT2D eigenvalue weighted by molar-refractivity contribution is 0.0844. The monoisotopic (exact) mass is 226 g/mol. The smallest absolute Gasteiger partial charge is 0.309 e. The minimum Gasteiger partial charge on any atom is -0.309 e. The molecule has 2 atom stereocenters. The van der Waals surface area contributed by atoms with E-state index in [-0.39, 0.29) is 6.10 Å². The van der Waals surface area contributed by atoms with Gasteiger partial charge < -0.3 is 9.05 Å². The minimum atomic E-state index is -2.82. The topological polar surface area (TPSA) is 35.5 Å². The number of benzene rings is 1. The van der Waals surface area contributed by atoms with Crippen LogP contribution in [-0.2, 0) is 13.6 Å². The summed E-state index contributed by atoms with van der Waals surface area (Å²) in [6, 6.07) is 8.09. The summed E-state index contributed by atoms with van der Waals surface area (Å²) in [5.74, 6) is 0. The molecule has 0 aromatic heterocycles. The molecular formula is C11H15O3P. The van der Waals surface area contributed by atoms with Gasteiger partial charge in [0.1, 0.15) is 0 Å². The van der Waals surface area contributed by atoms with Gasteiger partial charge in [-0.2, -0.15) is 0 Å². The predicted octanol–water partition coefficient (Wildman–Crippen LogP) is 3.30. The summed E-state index contributed by atoms with van der Waals surface area (Å²) >= 11 is 0. The number of aryl methyl sites for hydroxylation is 1. The van der Waals surface area contributed by atoms with E-state index < -0.39 is 7.60 Å². The average Bonchev–Trinajstić information content (AvgIpc) is 2.16. The lowest BCUT2D eigenvalue weighted by Crippen LogP contribution is -2.13. The molecule has 0 bridgehead atoms. The summed E-state index contributed by atoms with van der Waals surface area (Å²) in [5.41, 5.74) is 2.27. The fraction of sp³-hybridized carbons (Fsp3) is 0.455. The van der Waals surface area contributed by atoms with Crippen LogP contribution in [0, 0.1) is 6.92 Å². The van der Waals surface area contributed by atoms with Crippen LogP contribution in [0.5, 0.6) is 0 Å². The van der Waals surface area contributed by atoms with Crippen molar-refractivity contribution in [3.8, 4) is 0 Å². The first-order chi connectivity index (χ1) is 7.07. The van der Waals surface area contributed by atoms with E-state index in [2.05, 4.69) is 6.07 Å². The Hall–Kier alpha value is -0.630. The van der Waals surface area contributed by atoms with E-state index in [1.807, 2.05) is 25.1 Å². The summed E-state index contributed by atoms with van der Waals surface area (Å²) in [7, 11) is -2.82. The molecule has 15 heavy (non-hydrogen) atoms. The van der Waals surface area contributed by atoms with Gasteiger partial charge in [0.2, 0.25) is 0 Å². The van der Waals surface area contributed by atoms with Gasteiger partial charge in [0.05, 0.1) is 12.7 Å². The van der Waals surface area contributed by atoms with Crippen molar-refractivity contribution in [3.63, 3.8) is 0 Å². The van der Waals surface area contributed by atoms with E-state index in [4.69, 9.17) is 9.05 Å².